The van der Waals surface area contributed by atoms with Gasteiger partial charge in [-0.15, -0.1) is 0 Å². The minimum absolute atomic E-state index is 0.0614. The molecule has 2 saturated heterocycles. The molecule has 0 spiro atoms. The Balaban J connectivity index is 1.85. The molecule has 0 saturated carbocycles. The summed E-state index contributed by atoms with van der Waals surface area (Å²) >= 11 is 0. The molecule has 2 N–H and O–H groups in total. The quantitative estimate of drug-likeness (QED) is 0.472. The second kappa shape index (κ2) is 9.90. The maximum absolute atomic E-state index is 13.2. The summed E-state index contributed by atoms with van der Waals surface area (Å²) in [5.41, 5.74) is -0.0915. The van der Waals surface area contributed by atoms with E-state index >= 15 is 0 Å². The van der Waals surface area contributed by atoms with Gasteiger partial charge >= 0.3 is 24.5 Å². The molecular formula is C20H22F9N3O2. The van der Waals surface area contributed by atoms with Crippen LogP contribution in [0.2, 0.25) is 0 Å². The average molecular weight is 507 g/mol. The first-order chi connectivity index (χ1) is 15.7. The van der Waals surface area contributed by atoms with Gasteiger partial charge in [0.05, 0.1) is 5.56 Å². The van der Waals surface area contributed by atoms with Crippen molar-refractivity contribution in [2.45, 2.75) is 49.6 Å². The number of benzene rings is 1. The summed E-state index contributed by atoms with van der Waals surface area (Å²) in [6.07, 6.45) is -20.0. The minimum atomic E-state index is -5.85. The van der Waals surface area contributed by atoms with Gasteiger partial charge in [0.25, 0.3) is 6.10 Å². The van der Waals surface area contributed by atoms with Crippen molar-refractivity contribution in [1.29, 1.82) is 0 Å². The third-order valence-corrected chi connectivity index (χ3v) is 5.80. The van der Waals surface area contributed by atoms with Crippen LogP contribution in [0.5, 0.6) is 0 Å². The number of nitrogens with one attached hydrogen (secondary N) is 2. The van der Waals surface area contributed by atoms with E-state index in [4.69, 9.17) is 0 Å². The standard InChI is InChI=1S/C20H22F9N3O2/c21-18(22,23)13-2-1-12(14(7-13)11-3-4-30-8-11)10-32-6-5-31-9-15(32)16(33)34-17(19(24,25)26)20(27,28)29/h1-2,7,11,15,17,30-31H,3-6,8-10H2. The summed E-state index contributed by atoms with van der Waals surface area (Å²) in [6, 6.07) is 1.61. The zero-order valence-electron chi connectivity index (χ0n) is 17.6. The Kier molecular flexibility index (Phi) is 7.73. The van der Waals surface area contributed by atoms with Crippen LogP contribution in [-0.4, -0.2) is 68.1 Å². The van der Waals surface area contributed by atoms with Crippen molar-refractivity contribution >= 4 is 5.97 Å². The molecule has 2 atom stereocenters. The summed E-state index contributed by atoms with van der Waals surface area (Å²) in [7, 11) is 0. The number of carbonyl (C=O) groups excluding carboxylic acids is 1. The van der Waals surface area contributed by atoms with Gasteiger partial charge in [-0.05, 0) is 42.1 Å². The normalized spacial score (nSPS) is 22.9. The highest BCUT2D eigenvalue weighted by Gasteiger charge is 2.60. The van der Waals surface area contributed by atoms with Gasteiger partial charge in [0.1, 0.15) is 6.04 Å². The lowest BCUT2D eigenvalue weighted by Gasteiger charge is -2.36. The average Bonchev–Trinajstić information content (AvgIpc) is 3.24. The largest absolute Gasteiger partial charge is 0.442 e. The van der Waals surface area contributed by atoms with E-state index in [0.717, 1.165) is 12.1 Å². The van der Waals surface area contributed by atoms with Crippen molar-refractivity contribution < 1.29 is 49.0 Å². The first kappa shape index (κ1) is 26.5. The molecule has 1 aromatic rings. The lowest BCUT2D eigenvalue weighted by molar-refractivity contribution is -0.314. The van der Waals surface area contributed by atoms with Crippen molar-refractivity contribution in [3.63, 3.8) is 0 Å². The summed E-state index contributed by atoms with van der Waals surface area (Å²) in [6.45, 7) is 0.911. The third-order valence-electron chi connectivity index (χ3n) is 5.80. The number of ether oxygens (including phenoxy) is 1. The van der Waals surface area contributed by atoms with Gasteiger partial charge < -0.3 is 15.4 Å². The van der Waals surface area contributed by atoms with Crippen LogP contribution >= 0.6 is 0 Å². The van der Waals surface area contributed by atoms with E-state index in [1.165, 1.54) is 11.0 Å². The summed E-state index contributed by atoms with van der Waals surface area (Å²) in [5.74, 6) is -1.98. The first-order valence-corrected chi connectivity index (χ1v) is 10.4. The Morgan fingerprint density at radius 3 is 2.21 bits per heavy atom. The molecule has 2 fully saturated rings. The molecule has 5 nitrogen and oxygen atoms in total. The molecule has 2 heterocycles. The van der Waals surface area contributed by atoms with Crippen molar-refractivity contribution in [3.05, 3.63) is 34.9 Å². The van der Waals surface area contributed by atoms with E-state index in [1.54, 1.807) is 0 Å². The predicted molar refractivity (Wildman–Crippen MR) is 101 cm³/mol. The number of rotatable bonds is 5. The number of nitrogens with zero attached hydrogens (tertiary/aromatic N) is 1. The Hall–Kier alpha value is -2.06. The molecule has 0 bridgehead atoms. The molecule has 2 aliphatic heterocycles. The fourth-order valence-electron chi connectivity index (χ4n) is 4.12. The molecule has 192 valence electrons. The Morgan fingerprint density at radius 1 is 1.00 bits per heavy atom. The minimum Gasteiger partial charge on any atom is -0.442 e. The van der Waals surface area contributed by atoms with E-state index in [0.29, 0.717) is 30.6 Å². The van der Waals surface area contributed by atoms with Crippen LogP contribution in [0.3, 0.4) is 0 Å². The fraction of sp³-hybridized carbons (Fsp3) is 0.650. The SMILES string of the molecule is O=C(OC(C(F)(F)F)C(F)(F)F)C1CNCCN1Cc1ccc(C(F)(F)F)cc1C1CCNC1. The van der Waals surface area contributed by atoms with Crippen LogP contribution in [-0.2, 0) is 22.3 Å². The molecule has 0 aliphatic carbocycles. The molecule has 0 amide bonds. The number of alkyl halides is 9. The monoisotopic (exact) mass is 507 g/mol. The van der Waals surface area contributed by atoms with E-state index in [2.05, 4.69) is 15.4 Å². The van der Waals surface area contributed by atoms with Crippen molar-refractivity contribution in [2.75, 3.05) is 32.7 Å². The maximum atomic E-state index is 13.2. The Morgan fingerprint density at radius 2 is 1.65 bits per heavy atom. The topological polar surface area (TPSA) is 53.6 Å². The van der Waals surface area contributed by atoms with Gasteiger partial charge in [0, 0.05) is 32.7 Å². The van der Waals surface area contributed by atoms with E-state index in [-0.39, 0.29) is 32.1 Å². The highest BCUT2D eigenvalue weighted by molar-refractivity contribution is 5.76. The van der Waals surface area contributed by atoms with Crippen molar-refractivity contribution in [2.24, 2.45) is 0 Å². The van der Waals surface area contributed by atoms with Gasteiger partial charge in [0.2, 0.25) is 0 Å². The number of hydrogen-bond donors (Lipinski definition) is 2. The smallest absolute Gasteiger partial charge is 0.434 e. The summed E-state index contributed by atoms with van der Waals surface area (Å²) in [4.78, 5) is 13.7. The summed E-state index contributed by atoms with van der Waals surface area (Å²) in [5, 5.41) is 5.76. The molecule has 2 aliphatic rings. The van der Waals surface area contributed by atoms with Crippen LogP contribution in [0.15, 0.2) is 18.2 Å². The highest BCUT2D eigenvalue weighted by atomic mass is 19.4. The number of hydrogen-bond acceptors (Lipinski definition) is 5. The van der Waals surface area contributed by atoms with Crippen LogP contribution < -0.4 is 10.6 Å². The van der Waals surface area contributed by atoms with Crippen LogP contribution in [0.4, 0.5) is 39.5 Å². The van der Waals surface area contributed by atoms with Gasteiger partial charge in [-0.25, -0.2) is 0 Å². The third kappa shape index (κ3) is 6.33. The molecule has 14 heteroatoms. The summed E-state index contributed by atoms with van der Waals surface area (Å²) < 4.78 is 121. The van der Waals surface area contributed by atoms with Gasteiger partial charge in [-0.2, -0.15) is 39.5 Å². The number of halogens is 9. The zero-order chi connectivity index (χ0) is 25.3. The van der Waals surface area contributed by atoms with Gasteiger partial charge in [0.15, 0.2) is 0 Å². The lowest BCUT2D eigenvalue weighted by Crippen LogP contribution is -2.57. The molecule has 0 aromatic heterocycles. The molecule has 2 unspecified atom stereocenters. The molecule has 34 heavy (non-hydrogen) atoms. The van der Waals surface area contributed by atoms with Crippen LogP contribution in [0, 0.1) is 0 Å². The van der Waals surface area contributed by atoms with E-state index in [1.807, 2.05) is 0 Å². The molecule has 0 radical (unpaired) electrons. The lowest BCUT2D eigenvalue weighted by atomic mass is 9.91. The second-order valence-corrected chi connectivity index (χ2v) is 8.19. The molecule has 1 aromatic carbocycles. The maximum Gasteiger partial charge on any atom is 0.434 e. The zero-order valence-corrected chi connectivity index (χ0v) is 17.6. The van der Waals surface area contributed by atoms with Crippen molar-refractivity contribution in [1.82, 2.24) is 15.5 Å². The molecule has 3 rings (SSSR count). The van der Waals surface area contributed by atoms with E-state index in [9.17, 15) is 44.3 Å². The van der Waals surface area contributed by atoms with Crippen LogP contribution in [0.1, 0.15) is 29.0 Å². The molecular weight excluding hydrogens is 485 g/mol. The fourth-order valence-corrected chi connectivity index (χ4v) is 4.12. The Labute approximate surface area is 188 Å². The predicted octanol–water partition coefficient (Wildman–Crippen LogP) is 3.59. The first-order valence-electron chi connectivity index (χ1n) is 10.4. The Bertz CT molecular complexity index is 850. The van der Waals surface area contributed by atoms with Crippen LogP contribution in [0.25, 0.3) is 0 Å². The van der Waals surface area contributed by atoms with Crippen molar-refractivity contribution in [3.8, 4) is 0 Å². The van der Waals surface area contributed by atoms with Gasteiger partial charge in [-0.3, -0.25) is 9.69 Å². The number of carbonyl (C=O) groups is 1. The second-order valence-electron chi connectivity index (χ2n) is 8.19. The number of piperazine rings is 1. The number of esters is 1. The van der Waals surface area contributed by atoms with E-state index < -0.39 is 42.2 Å². The highest BCUT2D eigenvalue weighted by Crippen LogP contribution is 2.37. The van der Waals surface area contributed by atoms with Gasteiger partial charge in [-0.1, -0.05) is 6.07 Å².